The molecule has 1 aromatic rings. The molecule has 1 saturated heterocycles. The van der Waals surface area contributed by atoms with Gasteiger partial charge in [0.25, 0.3) is 0 Å². The number of halogens is 1. The van der Waals surface area contributed by atoms with E-state index in [2.05, 4.69) is 45.1 Å². The number of nitrogens with zero attached hydrogens (tertiary/aromatic N) is 1. The third-order valence-electron chi connectivity index (χ3n) is 5.39. The van der Waals surface area contributed by atoms with Crippen molar-refractivity contribution in [3.8, 4) is 0 Å². The maximum atomic E-state index is 6.42. The number of rotatable bonds is 4. The lowest BCUT2D eigenvalue weighted by Gasteiger charge is -2.44. The molecule has 1 aromatic carbocycles. The second-order valence-electron chi connectivity index (χ2n) is 6.71. The predicted octanol–water partition coefficient (Wildman–Crippen LogP) is 4.49. The molecule has 0 amide bonds. The minimum atomic E-state index is 0.143. The SMILES string of the molecule is NC(CCN1CCCC2CCCCC21)c1ccccc1Br. The molecule has 1 saturated carbocycles. The molecule has 3 rings (SSSR count). The van der Waals surface area contributed by atoms with Crippen LogP contribution in [-0.2, 0) is 0 Å². The molecule has 1 heterocycles. The highest BCUT2D eigenvalue weighted by molar-refractivity contribution is 9.10. The number of likely N-dealkylation sites (tertiary alicyclic amines) is 1. The predicted molar refractivity (Wildman–Crippen MR) is 92.2 cm³/mol. The van der Waals surface area contributed by atoms with Crippen molar-refractivity contribution in [3.05, 3.63) is 34.3 Å². The molecule has 2 nitrogen and oxygen atoms in total. The minimum absolute atomic E-state index is 0.143. The summed E-state index contributed by atoms with van der Waals surface area (Å²) in [6.07, 6.45) is 9.64. The van der Waals surface area contributed by atoms with Gasteiger partial charge >= 0.3 is 0 Å². The Balaban J connectivity index is 1.58. The fraction of sp³-hybridized carbons (Fsp3) is 0.667. The lowest BCUT2D eigenvalue weighted by molar-refractivity contribution is 0.0586. The lowest BCUT2D eigenvalue weighted by atomic mass is 9.78. The third kappa shape index (κ3) is 3.69. The Morgan fingerprint density at radius 1 is 1.14 bits per heavy atom. The monoisotopic (exact) mass is 350 g/mol. The number of hydrogen-bond acceptors (Lipinski definition) is 2. The van der Waals surface area contributed by atoms with Gasteiger partial charge in [-0.05, 0) is 56.2 Å². The van der Waals surface area contributed by atoms with Crippen LogP contribution in [0, 0.1) is 5.92 Å². The molecule has 2 fully saturated rings. The van der Waals surface area contributed by atoms with Gasteiger partial charge in [-0.1, -0.05) is 47.0 Å². The Bertz CT molecular complexity index is 460. The molecule has 3 atom stereocenters. The van der Waals surface area contributed by atoms with E-state index in [1.165, 1.54) is 50.6 Å². The Morgan fingerprint density at radius 2 is 1.90 bits per heavy atom. The van der Waals surface area contributed by atoms with Crippen LogP contribution in [0.2, 0.25) is 0 Å². The largest absolute Gasteiger partial charge is 0.324 e. The van der Waals surface area contributed by atoms with Crippen molar-refractivity contribution in [2.45, 2.75) is 57.0 Å². The van der Waals surface area contributed by atoms with Crippen molar-refractivity contribution in [2.75, 3.05) is 13.1 Å². The zero-order chi connectivity index (χ0) is 14.7. The maximum absolute atomic E-state index is 6.42. The molecular formula is C18H27BrN2. The first kappa shape index (κ1) is 15.5. The van der Waals surface area contributed by atoms with Gasteiger partial charge < -0.3 is 10.6 Å². The highest BCUT2D eigenvalue weighted by Crippen LogP contribution is 2.35. The number of hydrogen-bond donors (Lipinski definition) is 1. The highest BCUT2D eigenvalue weighted by Gasteiger charge is 2.32. The Labute approximate surface area is 137 Å². The highest BCUT2D eigenvalue weighted by atomic mass is 79.9. The van der Waals surface area contributed by atoms with Crippen LogP contribution in [-0.4, -0.2) is 24.0 Å². The van der Waals surface area contributed by atoms with E-state index in [1.54, 1.807) is 0 Å². The summed E-state index contributed by atoms with van der Waals surface area (Å²) in [6.45, 7) is 2.44. The zero-order valence-corrected chi connectivity index (χ0v) is 14.4. The van der Waals surface area contributed by atoms with Gasteiger partial charge in [0.1, 0.15) is 0 Å². The molecular weight excluding hydrogens is 324 g/mol. The van der Waals surface area contributed by atoms with Crippen LogP contribution < -0.4 is 5.73 Å². The third-order valence-corrected chi connectivity index (χ3v) is 6.11. The molecule has 1 aliphatic carbocycles. The number of benzene rings is 1. The first-order valence-corrected chi connectivity index (χ1v) is 9.29. The average Bonchev–Trinajstić information content (AvgIpc) is 2.53. The van der Waals surface area contributed by atoms with Crippen molar-refractivity contribution in [3.63, 3.8) is 0 Å². The quantitative estimate of drug-likeness (QED) is 0.866. The second-order valence-corrected chi connectivity index (χ2v) is 7.56. The smallest absolute Gasteiger partial charge is 0.0318 e. The van der Waals surface area contributed by atoms with Gasteiger partial charge in [0.05, 0.1) is 0 Å². The summed E-state index contributed by atoms with van der Waals surface area (Å²) in [5.74, 6) is 0.965. The van der Waals surface area contributed by atoms with Crippen molar-refractivity contribution >= 4 is 15.9 Å². The molecule has 2 aliphatic rings. The summed E-state index contributed by atoms with van der Waals surface area (Å²) in [5.41, 5.74) is 7.67. The fourth-order valence-electron chi connectivity index (χ4n) is 4.24. The number of piperidine rings is 1. The van der Waals surface area contributed by atoms with Gasteiger partial charge in [-0.3, -0.25) is 0 Å². The number of fused-ring (bicyclic) bond motifs is 1. The van der Waals surface area contributed by atoms with E-state index >= 15 is 0 Å². The molecule has 3 heteroatoms. The van der Waals surface area contributed by atoms with E-state index in [-0.39, 0.29) is 6.04 Å². The molecule has 21 heavy (non-hydrogen) atoms. The van der Waals surface area contributed by atoms with Gasteiger partial charge in [-0.2, -0.15) is 0 Å². The summed E-state index contributed by atoms with van der Waals surface area (Å²) in [4.78, 5) is 2.74. The summed E-state index contributed by atoms with van der Waals surface area (Å²) in [5, 5.41) is 0. The van der Waals surface area contributed by atoms with Crippen LogP contribution >= 0.6 is 15.9 Å². The zero-order valence-electron chi connectivity index (χ0n) is 12.8. The van der Waals surface area contributed by atoms with Gasteiger partial charge in [0, 0.05) is 23.1 Å². The summed E-state index contributed by atoms with van der Waals surface area (Å²) in [7, 11) is 0. The lowest BCUT2D eigenvalue weighted by Crippen LogP contribution is -2.47. The molecule has 0 aromatic heterocycles. The van der Waals surface area contributed by atoms with E-state index in [0.29, 0.717) is 0 Å². The van der Waals surface area contributed by atoms with E-state index in [9.17, 15) is 0 Å². The van der Waals surface area contributed by atoms with Gasteiger partial charge in [0.2, 0.25) is 0 Å². The van der Waals surface area contributed by atoms with Gasteiger partial charge in [-0.25, -0.2) is 0 Å². The molecule has 2 N–H and O–H groups in total. The Morgan fingerprint density at radius 3 is 2.76 bits per heavy atom. The molecule has 1 aliphatic heterocycles. The summed E-state index contributed by atoms with van der Waals surface area (Å²) < 4.78 is 1.15. The van der Waals surface area contributed by atoms with E-state index in [4.69, 9.17) is 5.73 Å². The molecule has 116 valence electrons. The number of nitrogens with two attached hydrogens (primary N) is 1. The fourth-order valence-corrected chi connectivity index (χ4v) is 4.82. The molecule has 0 radical (unpaired) electrons. The van der Waals surface area contributed by atoms with Crippen LogP contribution in [0.15, 0.2) is 28.7 Å². The van der Waals surface area contributed by atoms with Crippen molar-refractivity contribution in [2.24, 2.45) is 11.7 Å². The standard InChI is InChI=1S/C18H27BrN2/c19-16-9-3-2-8-15(16)17(20)11-13-21-12-5-7-14-6-1-4-10-18(14)21/h2-3,8-9,14,17-18H,1,4-7,10-13,20H2. The van der Waals surface area contributed by atoms with Crippen LogP contribution in [0.4, 0.5) is 0 Å². The molecule has 3 unspecified atom stereocenters. The van der Waals surface area contributed by atoms with Crippen molar-refractivity contribution < 1.29 is 0 Å². The van der Waals surface area contributed by atoms with Gasteiger partial charge in [0.15, 0.2) is 0 Å². The van der Waals surface area contributed by atoms with Crippen LogP contribution in [0.3, 0.4) is 0 Å². The topological polar surface area (TPSA) is 29.3 Å². The summed E-state index contributed by atoms with van der Waals surface area (Å²) in [6, 6.07) is 9.36. The normalized spacial score (nSPS) is 28.1. The van der Waals surface area contributed by atoms with Crippen molar-refractivity contribution in [1.29, 1.82) is 0 Å². The maximum Gasteiger partial charge on any atom is 0.0318 e. The van der Waals surface area contributed by atoms with Crippen LogP contribution in [0.5, 0.6) is 0 Å². The van der Waals surface area contributed by atoms with Crippen LogP contribution in [0.25, 0.3) is 0 Å². The Hall–Kier alpha value is -0.380. The van der Waals surface area contributed by atoms with Gasteiger partial charge in [-0.15, -0.1) is 0 Å². The van der Waals surface area contributed by atoms with E-state index in [1.807, 2.05) is 0 Å². The second kappa shape index (κ2) is 7.26. The van der Waals surface area contributed by atoms with Crippen LogP contribution in [0.1, 0.15) is 56.6 Å². The first-order valence-electron chi connectivity index (χ1n) is 8.50. The molecule has 0 spiro atoms. The minimum Gasteiger partial charge on any atom is -0.324 e. The van der Waals surface area contributed by atoms with Crippen molar-refractivity contribution in [1.82, 2.24) is 4.90 Å². The molecule has 0 bridgehead atoms. The average molecular weight is 351 g/mol. The van der Waals surface area contributed by atoms with E-state index in [0.717, 1.165) is 29.4 Å². The summed E-state index contributed by atoms with van der Waals surface area (Å²) >= 11 is 3.62. The van der Waals surface area contributed by atoms with E-state index < -0.39 is 0 Å². The first-order chi connectivity index (χ1) is 10.3. The Kier molecular flexibility index (Phi) is 5.36.